The van der Waals surface area contributed by atoms with Gasteiger partial charge >= 0.3 is 0 Å². The Morgan fingerprint density at radius 1 is 1.25 bits per heavy atom. The molecule has 1 aliphatic rings. The highest BCUT2D eigenvalue weighted by Gasteiger charge is 1.88. The first-order valence-corrected chi connectivity index (χ1v) is 2.60. The Balaban J connectivity index is 3.01. The van der Waals surface area contributed by atoms with Gasteiger partial charge in [0.15, 0.2) is 0 Å². The zero-order chi connectivity index (χ0) is 5.40. The molecule has 0 aliphatic heterocycles. The fraction of sp³-hybridized carbons (Fsp3) is 0. The molecular weight excluding hydrogens is 98.1 g/mol. The minimum atomic E-state index is 1.12. The van der Waals surface area contributed by atoms with Gasteiger partial charge in [0.1, 0.15) is 0 Å². The van der Waals surface area contributed by atoms with E-state index in [4.69, 9.17) is 0 Å². The van der Waals surface area contributed by atoms with Gasteiger partial charge in [0.05, 0.1) is 5.35 Å². The average Bonchev–Trinajstić information content (AvgIpc) is 1.72. The number of hydrogen-bond donors (Lipinski definition) is 0. The number of fused-ring (bicyclic) bond motifs is 1. The number of aromatic nitrogens is 1. The normalized spacial score (nSPS) is 12.5. The average molecular weight is 103 g/mol. The predicted molar refractivity (Wildman–Crippen MR) is 32.4 cm³/mol. The second kappa shape index (κ2) is 1.19. The molecular formula is C7H5N. The lowest BCUT2D eigenvalue weighted by atomic mass is 10.2. The van der Waals surface area contributed by atoms with E-state index < -0.39 is 0 Å². The van der Waals surface area contributed by atoms with Crippen molar-refractivity contribution in [2.75, 3.05) is 0 Å². The van der Waals surface area contributed by atoms with E-state index in [-0.39, 0.29) is 0 Å². The first-order chi connectivity index (χ1) is 3.97. The van der Waals surface area contributed by atoms with E-state index in [2.05, 4.69) is 17.1 Å². The quantitative estimate of drug-likeness (QED) is 0.437. The standard InChI is InChI=1S/C7H5N/c1-2-6-3-4-7(6)8-5-1/h1-5H. The maximum atomic E-state index is 4.08. The van der Waals surface area contributed by atoms with E-state index in [9.17, 15) is 0 Å². The van der Waals surface area contributed by atoms with E-state index >= 15 is 0 Å². The van der Waals surface area contributed by atoms with Gasteiger partial charge < -0.3 is 0 Å². The lowest BCUT2D eigenvalue weighted by molar-refractivity contribution is 1.21. The van der Waals surface area contributed by atoms with Crippen LogP contribution >= 0.6 is 0 Å². The summed E-state index contributed by atoms with van der Waals surface area (Å²) >= 11 is 0. The zero-order valence-electron chi connectivity index (χ0n) is 4.33. The second-order valence-electron chi connectivity index (χ2n) is 1.81. The van der Waals surface area contributed by atoms with Crippen molar-refractivity contribution >= 4 is 12.2 Å². The summed E-state index contributed by atoms with van der Waals surface area (Å²) in [5.41, 5.74) is 0. The van der Waals surface area contributed by atoms with Gasteiger partial charge in [-0.1, -0.05) is 12.1 Å². The minimum absolute atomic E-state index is 1.12. The molecule has 0 saturated carbocycles. The maximum Gasteiger partial charge on any atom is 0.0702 e. The van der Waals surface area contributed by atoms with Gasteiger partial charge in [0.25, 0.3) is 0 Å². The van der Waals surface area contributed by atoms with Crippen molar-refractivity contribution in [3.05, 3.63) is 28.9 Å². The van der Waals surface area contributed by atoms with Crippen molar-refractivity contribution in [2.45, 2.75) is 0 Å². The lowest BCUT2D eigenvalue weighted by Gasteiger charge is -1.92. The highest BCUT2D eigenvalue weighted by atomic mass is 14.6. The summed E-state index contributed by atoms with van der Waals surface area (Å²) < 4.78 is 0. The van der Waals surface area contributed by atoms with Gasteiger partial charge in [0, 0.05) is 11.4 Å². The Morgan fingerprint density at radius 2 is 2.25 bits per heavy atom. The molecule has 0 amide bonds. The van der Waals surface area contributed by atoms with Crippen LogP contribution in [0.3, 0.4) is 0 Å². The van der Waals surface area contributed by atoms with Crippen molar-refractivity contribution in [1.29, 1.82) is 0 Å². The fourth-order valence-electron chi connectivity index (χ4n) is 0.783. The predicted octanol–water partition coefficient (Wildman–Crippen LogP) is -0.344. The van der Waals surface area contributed by atoms with Gasteiger partial charge in [0.2, 0.25) is 0 Å². The molecule has 0 unspecified atom stereocenters. The number of rotatable bonds is 0. The van der Waals surface area contributed by atoms with Crippen LogP contribution in [0.2, 0.25) is 0 Å². The molecule has 1 aliphatic carbocycles. The smallest absolute Gasteiger partial charge is 0.0702 e. The molecule has 2 rings (SSSR count). The second-order valence-corrected chi connectivity index (χ2v) is 1.81. The topological polar surface area (TPSA) is 12.9 Å². The maximum absolute atomic E-state index is 4.08. The zero-order valence-corrected chi connectivity index (χ0v) is 4.33. The molecule has 38 valence electrons. The summed E-state index contributed by atoms with van der Waals surface area (Å²) in [5.74, 6) is 0. The van der Waals surface area contributed by atoms with Gasteiger partial charge in [-0.25, -0.2) is 0 Å². The molecule has 1 heterocycles. The largest absolute Gasteiger partial charge is 0.256 e. The molecule has 1 heteroatoms. The van der Waals surface area contributed by atoms with Crippen LogP contribution in [0.15, 0.2) is 18.3 Å². The van der Waals surface area contributed by atoms with Gasteiger partial charge in [-0.3, -0.25) is 4.98 Å². The third-order valence-corrected chi connectivity index (χ3v) is 1.29. The Bertz CT molecular complexity index is 278. The van der Waals surface area contributed by atoms with Crippen LogP contribution in [0.4, 0.5) is 0 Å². The first kappa shape index (κ1) is 3.84. The van der Waals surface area contributed by atoms with Crippen LogP contribution in [0.5, 0.6) is 0 Å². The van der Waals surface area contributed by atoms with E-state index in [1.165, 1.54) is 5.22 Å². The Kier molecular flexibility index (Phi) is 0.570. The van der Waals surface area contributed by atoms with E-state index in [0.717, 1.165) is 5.35 Å². The van der Waals surface area contributed by atoms with Crippen LogP contribution in [0.1, 0.15) is 0 Å². The van der Waals surface area contributed by atoms with Crippen molar-refractivity contribution in [1.82, 2.24) is 4.98 Å². The van der Waals surface area contributed by atoms with Crippen LogP contribution in [0, 0.1) is 0 Å². The number of hydrogen-bond acceptors (Lipinski definition) is 1. The molecule has 1 aromatic rings. The molecule has 8 heavy (non-hydrogen) atoms. The molecule has 0 fully saturated rings. The first-order valence-electron chi connectivity index (χ1n) is 2.60. The molecule has 1 aromatic heterocycles. The highest BCUT2D eigenvalue weighted by molar-refractivity contribution is 5.66. The summed E-state index contributed by atoms with van der Waals surface area (Å²) in [6.45, 7) is 0. The SMILES string of the molecule is C1=c2cccnc2=C1. The Morgan fingerprint density at radius 3 is 2.62 bits per heavy atom. The van der Waals surface area contributed by atoms with Gasteiger partial charge in [-0.2, -0.15) is 0 Å². The fourth-order valence-corrected chi connectivity index (χ4v) is 0.783. The minimum Gasteiger partial charge on any atom is -0.256 e. The van der Waals surface area contributed by atoms with Crippen LogP contribution in [0.25, 0.3) is 12.2 Å². The van der Waals surface area contributed by atoms with Crippen molar-refractivity contribution in [3.8, 4) is 0 Å². The molecule has 0 saturated heterocycles. The lowest BCUT2D eigenvalue weighted by Crippen LogP contribution is -2.32. The number of pyridine rings is 1. The molecule has 0 spiro atoms. The molecule has 0 bridgehead atoms. The van der Waals surface area contributed by atoms with E-state index in [1.807, 2.05) is 18.3 Å². The van der Waals surface area contributed by atoms with Crippen molar-refractivity contribution in [3.63, 3.8) is 0 Å². The number of nitrogens with zero attached hydrogens (tertiary/aromatic N) is 1. The molecule has 0 radical (unpaired) electrons. The summed E-state index contributed by atoms with van der Waals surface area (Å²) in [4.78, 5) is 4.08. The van der Waals surface area contributed by atoms with Crippen molar-refractivity contribution < 1.29 is 0 Å². The Labute approximate surface area is 47.0 Å². The summed E-state index contributed by atoms with van der Waals surface area (Å²) in [6, 6.07) is 4.00. The van der Waals surface area contributed by atoms with Crippen LogP contribution in [-0.4, -0.2) is 4.98 Å². The van der Waals surface area contributed by atoms with Crippen LogP contribution < -0.4 is 10.6 Å². The monoisotopic (exact) mass is 103 g/mol. The molecule has 0 aromatic carbocycles. The summed E-state index contributed by atoms with van der Waals surface area (Å²) in [5, 5.41) is 2.38. The van der Waals surface area contributed by atoms with E-state index in [1.54, 1.807) is 0 Å². The molecule has 0 atom stereocenters. The van der Waals surface area contributed by atoms with Gasteiger partial charge in [-0.15, -0.1) is 0 Å². The Hall–Kier alpha value is -1.11. The van der Waals surface area contributed by atoms with Crippen molar-refractivity contribution in [2.24, 2.45) is 0 Å². The molecule has 1 nitrogen and oxygen atoms in total. The third kappa shape index (κ3) is 0.334. The van der Waals surface area contributed by atoms with Crippen LogP contribution in [-0.2, 0) is 0 Å². The third-order valence-electron chi connectivity index (χ3n) is 1.29. The summed E-state index contributed by atoms with van der Waals surface area (Å²) in [6.07, 6.45) is 5.88. The highest BCUT2D eigenvalue weighted by Crippen LogP contribution is 1.75. The van der Waals surface area contributed by atoms with Gasteiger partial charge in [-0.05, 0) is 12.1 Å². The molecule has 0 N–H and O–H groups in total. The summed E-state index contributed by atoms with van der Waals surface area (Å²) in [7, 11) is 0. The van der Waals surface area contributed by atoms with E-state index in [0.29, 0.717) is 0 Å².